The monoisotopic (exact) mass is 510 g/mol. The SMILES string of the molecule is O=C[C@@H](O)[C@@H](O)[C@H](O)[C@H](O)CO.O=C[C@H](O)[C@@H](O)[C@@H](O)[C@H](O)CO.O=C[C@H](O)[C@@H](O)[C@H](O)CO. The van der Waals surface area contributed by atoms with Crippen molar-refractivity contribution in [3.05, 3.63) is 0 Å². The van der Waals surface area contributed by atoms with Gasteiger partial charge in [-0.2, -0.15) is 0 Å². The van der Waals surface area contributed by atoms with Crippen LogP contribution in [0.25, 0.3) is 0 Å². The Morgan fingerprint density at radius 2 is 0.588 bits per heavy atom. The molecule has 11 atom stereocenters. The fourth-order valence-electron chi connectivity index (χ4n) is 1.65. The van der Waals surface area contributed by atoms with E-state index in [1.807, 2.05) is 0 Å². The van der Waals surface area contributed by atoms with Crippen LogP contribution < -0.4 is 0 Å². The Labute approximate surface area is 192 Å². The van der Waals surface area contributed by atoms with Crippen molar-refractivity contribution in [2.75, 3.05) is 19.8 Å². The molecule has 17 nitrogen and oxygen atoms in total. The lowest BCUT2D eigenvalue weighted by molar-refractivity contribution is -0.136. The molecule has 0 aliphatic heterocycles. The van der Waals surface area contributed by atoms with Gasteiger partial charge in [0.1, 0.15) is 67.1 Å². The minimum absolute atomic E-state index is 0.0258. The average molecular weight is 510 g/mol. The largest absolute Gasteiger partial charge is 0.394 e. The normalized spacial score (nSPS) is 20.6. The average Bonchev–Trinajstić information content (AvgIpc) is 2.88. The van der Waals surface area contributed by atoms with Gasteiger partial charge in [-0.05, 0) is 0 Å². The van der Waals surface area contributed by atoms with Gasteiger partial charge >= 0.3 is 0 Å². The Balaban J connectivity index is -0.000000426. The zero-order chi connectivity index (χ0) is 27.6. The van der Waals surface area contributed by atoms with Gasteiger partial charge in [-0.25, -0.2) is 0 Å². The molecule has 0 aromatic rings. The van der Waals surface area contributed by atoms with E-state index in [9.17, 15) is 14.4 Å². The van der Waals surface area contributed by atoms with Crippen LogP contribution in [0.2, 0.25) is 0 Å². The number of hydrogen-bond donors (Lipinski definition) is 14. The molecule has 14 N–H and O–H groups in total. The van der Waals surface area contributed by atoms with Crippen molar-refractivity contribution in [1.82, 2.24) is 0 Å². The molecule has 0 saturated carbocycles. The maximum Gasteiger partial charge on any atom is 0.151 e. The van der Waals surface area contributed by atoms with Gasteiger partial charge in [-0.1, -0.05) is 0 Å². The molecule has 0 fully saturated rings. The lowest BCUT2D eigenvalue weighted by Crippen LogP contribution is -2.46. The Morgan fingerprint density at radius 1 is 0.382 bits per heavy atom. The van der Waals surface area contributed by atoms with E-state index in [2.05, 4.69) is 0 Å². The van der Waals surface area contributed by atoms with Crippen LogP contribution in [0.4, 0.5) is 0 Å². The molecule has 0 unspecified atom stereocenters. The van der Waals surface area contributed by atoms with Crippen molar-refractivity contribution in [2.24, 2.45) is 0 Å². The fraction of sp³-hybridized carbons (Fsp3) is 0.824. The highest BCUT2D eigenvalue weighted by Gasteiger charge is 2.30. The van der Waals surface area contributed by atoms with E-state index < -0.39 is 87.0 Å². The van der Waals surface area contributed by atoms with Crippen LogP contribution in [-0.2, 0) is 14.4 Å². The summed E-state index contributed by atoms with van der Waals surface area (Å²) in [6, 6.07) is 0. The van der Waals surface area contributed by atoms with Crippen molar-refractivity contribution >= 4 is 18.9 Å². The molecule has 0 aromatic carbocycles. The molecule has 0 heterocycles. The molecule has 204 valence electrons. The summed E-state index contributed by atoms with van der Waals surface area (Å²) in [5, 5.41) is 121. The van der Waals surface area contributed by atoms with Crippen LogP contribution >= 0.6 is 0 Å². The lowest BCUT2D eigenvalue weighted by Gasteiger charge is -2.22. The molecule has 0 saturated heterocycles. The molecule has 0 bridgehead atoms. The van der Waals surface area contributed by atoms with Gasteiger partial charge in [0.2, 0.25) is 0 Å². The third-order valence-electron chi connectivity index (χ3n) is 3.91. The molecule has 0 rings (SSSR count). The molecule has 0 radical (unpaired) electrons. The van der Waals surface area contributed by atoms with Crippen LogP contribution in [0.3, 0.4) is 0 Å². The van der Waals surface area contributed by atoms with Crippen molar-refractivity contribution in [2.45, 2.75) is 67.1 Å². The Hall–Kier alpha value is -1.55. The van der Waals surface area contributed by atoms with Crippen molar-refractivity contribution < 1.29 is 85.9 Å². The number of carbonyl (C=O) groups excluding carboxylic acids is 3. The first-order valence-electron chi connectivity index (χ1n) is 9.39. The van der Waals surface area contributed by atoms with Gasteiger partial charge in [0.25, 0.3) is 0 Å². The molecular formula is C17H34O17. The second-order valence-corrected chi connectivity index (χ2v) is 6.58. The highest BCUT2D eigenvalue weighted by Crippen LogP contribution is 2.04. The maximum absolute atomic E-state index is 9.90. The molecule has 0 aliphatic rings. The van der Waals surface area contributed by atoms with Gasteiger partial charge in [0.15, 0.2) is 18.9 Å². The van der Waals surface area contributed by atoms with E-state index in [1.165, 1.54) is 0 Å². The molecule has 0 amide bonds. The van der Waals surface area contributed by atoms with E-state index in [0.717, 1.165) is 0 Å². The third kappa shape index (κ3) is 14.7. The molecule has 17 heteroatoms. The molecule has 0 aromatic heterocycles. The Kier molecular flexibility index (Phi) is 22.6. The molecule has 0 aliphatic carbocycles. The summed E-state index contributed by atoms with van der Waals surface area (Å²) in [7, 11) is 0. The van der Waals surface area contributed by atoms with E-state index in [1.54, 1.807) is 0 Å². The second-order valence-electron chi connectivity index (χ2n) is 6.58. The number of rotatable bonds is 14. The van der Waals surface area contributed by atoms with Crippen molar-refractivity contribution in [1.29, 1.82) is 0 Å². The molecular weight excluding hydrogens is 476 g/mol. The first kappa shape index (κ1) is 37.0. The highest BCUT2D eigenvalue weighted by molar-refractivity contribution is 5.57. The highest BCUT2D eigenvalue weighted by atomic mass is 16.4. The summed E-state index contributed by atoms with van der Waals surface area (Å²) in [6.07, 6.45) is -18.3. The first-order chi connectivity index (χ1) is 15.7. The number of aldehydes is 3. The predicted molar refractivity (Wildman–Crippen MR) is 106 cm³/mol. The number of aliphatic hydroxyl groups is 14. The Morgan fingerprint density at radius 3 is 0.794 bits per heavy atom. The van der Waals surface area contributed by atoms with Crippen LogP contribution in [-0.4, -0.2) is 177 Å². The topological polar surface area (TPSA) is 334 Å². The van der Waals surface area contributed by atoms with Gasteiger partial charge in [-0.3, -0.25) is 0 Å². The minimum atomic E-state index is -1.79. The summed E-state index contributed by atoms with van der Waals surface area (Å²) in [5.41, 5.74) is 0. The number of hydrogen-bond acceptors (Lipinski definition) is 17. The van der Waals surface area contributed by atoms with Crippen molar-refractivity contribution in [3.63, 3.8) is 0 Å². The summed E-state index contributed by atoms with van der Waals surface area (Å²) in [5.74, 6) is 0. The summed E-state index contributed by atoms with van der Waals surface area (Å²) >= 11 is 0. The zero-order valence-electron chi connectivity index (χ0n) is 17.7. The van der Waals surface area contributed by atoms with Gasteiger partial charge in [0.05, 0.1) is 19.8 Å². The van der Waals surface area contributed by atoms with E-state index in [4.69, 9.17) is 71.5 Å². The zero-order valence-corrected chi connectivity index (χ0v) is 17.7. The Bertz CT molecular complexity index is 490. The molecule has 34 heavy (non-hydrogen) atoms. The predicted octanol–water partition coefficient (Wildman–Crippen LogP) is -9.50. The maximum atomic E-state index is 9.90. The second kappa shape index (κ2) is 20.8. The van der Waals surface area contributed by atoms with Crippen LogP contribution in [0.1, 0.15) is 0 Å². The standard InChI is InChI=1S/2C6H12O6.C5H10O5/c2*7-1-3(9)5(11)6(12)4(10)2-8;6-1-3(8)5(10)4(9)2-7/h2*1,3-6,8-12H,2H2;1,3-5,7-10H,2H2/t3-,4+,5+,6-;3-,4-,5-,6-;3-,4+,5+/m010/s1. The third-order valence-corrected chi connectivity index (χ3v) is 3.91. The van der Waals surface area contributed by atoms with E-state index >= 15 is 0 Å². The smallest absolute Gasteiger partial charge is 0.151 e. The van der Waals surface area contributed by atoms with E-state index in [0.29, 0.717) is 0 Å². The summed E-state index contributed by atoms with van der Waals surface area (Å²) < 4.78 is 0. The number of aliphatic hydroxyl groups excluding tert-OH is 14. The quantitative estimate of drug-likeness (QED) is 0.0964. The van der Waals surface area contributed by atoms with Crippen LogP contribution in [0.15, 0.2) is 0 Å². The van der Waals surface area contributed by atoms with Gasteiger partial charge in [0, 0.05) is 0 Å². The fourth-order valence-corrected chi connectivity index (χ4v) is 1.65. The minimum Gasteiger partial charge on any atom is -0.394 e. The van der Waals surface area contributed by atoms with Crippen LogP contribution in [0, 0.1) is 0 Å². The van der Waals surface area contributed by atoms with Crippen molar-refractivity contribution in [3.8, 4) is 0 Å². The number of carbonyl (C=O) groups is 3. The van der Waals surface area contributed by atoms with Crippen LogP contribution in [0.5, 0.6) is 0 Å². The van der Waals surface area contributed by atoms with Gasteiger partial charge in [-0.15, -0.1) is 0 Å². The van der Waals surface area contributed by atoms with E-state index in [-0.39, 0.29) is 18.9 Å². The van der Waals surface area contributed by atoms with Gasteiger partial charge < -0.3 is 85.9 Å². The first-order valence-corrected chi connectivity index (χ1v) is 9.39. The summed E-state index contributed by atoms with van der Waals surface area (Å²) in [6.45, 7) is -2.21. The lowest BCUT2D eigenvalue weighted by atomic mass is 10.0. The summed E-state index contributed by atoms with van der Waals surface area (Å²) in [4.78, 5) is 29.6. The molecule has 0 spiro atoms.